The maximum atomic E-state index is 14.0. The number of hydrogen-bond donors (Lipinski definition) is 0. The normalized spacial score (nSPS) is 18.9. The molecule has 5 rings (SSSR count). The van der Waals surface area contributed by atoms with Gasteiger partial charge in [0.2, 0.25) is 5.88 Å². The van der Waals surface area contributed by atoms with Crippen LogP contribution in [0, 0.1) is 0 Å². The zero-order valence-corrected chi connectivity index (χ0v) is 17.4. The Balaban J connectivity index is 1.75. The second-order valence-corrected chi connectivity index (χ2v) is 8.28. The van der Waals surface area contributed by atoms with Gasteiger partial charge in [-0.2, -0.15) is 36.4 Å². The summed E-state index contributed by atoms with van der Waals surface area (Å²) >= 11 is 0. The largest absolute Gasteiger partial charge is 0.480 e. The van der Waals surface area contributed by atoms with Crippen LogP contribution in [0.1, 0.15) is 36.9 Å². The molecule has 3 aromatic rings. The molecule has 2 fully saturated rings. The van der Waals surface area contributed by atoms with E-state index < -0.39 is 23.2 Å². The number of aromatic nitrogens is 5. The van der Waals surface area contributed by atoms with E-state index >= 15 is 0 Å². The minimum absolute atomic E-state index is 0.00772. The van der Waals surface area contributed by atoms with Gasteiger partial charge in [0, 0.05) is 11.8 Å². The Morgan fingerprint density at radius 3 is 2.06 bits per heavy atom. The molecular weight excluding hydrogens is 456 g/mol. The van der Waals surface area contributed by atoms with Gasteiger partial charge in [0.25, 0.3) is 0 Å². The van der Waals surface area contributed by atoms with Gasteiger partial charge >= 0.3 is 18.4 Å². The van der Waals surface area contributed by atoms with Crippen LogP contribution in [0.4, 0.5) is 26.3 Å². The lowest BCUT2D eigenvalue weighted by Crippen LogP contribution is -2.30. The first-order chi connectivity index (χ1) is 15.5. The Morgan fingerprint density at radius 1 is 0.909 bits per heavy atom. The average molecular weight is 473 g/mol. The Bertz CT molecular complexity index is 1240. The highest BCUT2D eigenvalue weighted by atomic mass is 19.4. The zero-order valence-electron chi connectivity index (χ0n) is 17.4. The summed E-state index contributed by atoms with van der Waals surface area (Å²) in [6.07, 6.45) is -7.59. The summed E-state index contributed by atoms with van der Waals surface area (Å²) < 4.78 is 94.2. The first kappa shape index (κ1) is 21.7. The second kappa shape index (κ2) is 6.70. The smallest absolute Gasteiger partial charge is 0.400 e. The molecule has 2 saturated carbocycles. The van der Waals surface area contributed by atoms with Crippen LogP contribution in [0.2, 0.25) is 0 Å². The van der Waals surface area contributed by atoms with Crippen molar-refractivity contribution in [3.05, 3.63) is 29.7 Å². The highest BCUT2D eigenvalue weighted by Crippen LogP contribution is 2.61. The fourth-order valence-corrected chi connectivity index (χ4v) is 4.11. The van der Waals surface area contributed by atoms with Gasteiger partial charge in [-0.15, -0.1) is 0 Å². The van der Waals surface area contributed by atoms with E-state index in [9.17, 15) is 26.3 Å². The van der Waals surface area contributed by atoms with Crippen LogP contribution in [0.3, 0.4) is 0 Å². The molecule has 0 spiro atoms. The van der Waals surface area contributed by atoms with E-state index in [1.54, 1.807) is 0 Å². The third kappa shape index (κ3) is 3.11. The molecule has 2 aliphatic carbocycles. The Morgan fingerprint density at radius 2 is 1.55 bits per heavy atom. The Labute approximate surface area is 182 Å². The van der Waals surface area contributed by atoms with Crippen LogP contribution in [-0.2, 0) is 10.8 Å². The number of fused-ring (bicyclic) bond motifs is 1. The van der Waals surface area contributed by atoms with Crippen LogP contribution in [-0.4, -0.2) is 51.1 Å². The molecule has 7 nitrogen and oxygen atoms in total. The van der Waals surface area contributed by atoms with Crippen LogP contribution < -0.4 is 9.47 Å². The molecule has 13 heteroatoms. The molecule has 0 amide bonds. The molecule has 0 aromatic carbocycles. The lowest BCUT2D eigenvalue weighted by molar-refractivity contribution is -0.162. The number of hydrogen-bond acceptors (Lipinski definition) is 6. The highest BCUT2D eigenvalue weighted by Gasteiger charge is 2.67. The number of nitrogens with zero attached hydrogens (tertiary/aromatic N) is 5. The van der Waals surface area contributed by atoms with Crippen LogP contribution in [0.15, 0.2) is 18.5 Å². The summed E-state index contributed by atoms with van der Waals surface area (Å²) in [4.78, 5) is 12.0. The van der Waals surface area contributed by atoms with Gasteiger partial charge in [0.15, 0.2) is 5.65 Å². The number of imidazole rings is 1. The summed E-state index contributed by atoms with van der Waals surface area (Å²) in [5, 5.41) is 4.26. The van der Waals surface area contributed by atoms with Gasteiger partial charge in [-0.1, -0.05) is 0 Å². The first-order valence-electron chi connectivity index (χ1n) is 9.96. The average Bonchev–Trinajstić information content (AvgIpc) is 3.67. The topological polar surface area (TPSA) is 74.4 Å². The fraction of sp³-hybridized carbons (Fsp3) is 0.500. The van der Waals surface area contributed by atoms with E-state index in [1.807, 2.05) is 0 Å². The highest BCUT2D eigenvalue weighted by molar-refractivity contribution is 5.69. The maximum Gasteiger partial charge on any atom is 0.400 e. The van der Waals surface area contributed by atoms with Crippen molar-refractivity contribution in [1.29, 1.82) is 0 Å². The predicted molar refractivity (Wildman–Crippen MR) is 101 cm³/mol. The number of methoxy groups -OCH3 is 2. The van der Waals surface area contributed by atoms with E-state index in [1.165, 1.54) is 26.5 Å². The van der Waals surface area contributed by atoms with Crippen molar-refractivity contribution >= 4 is 5.65 Å². The van der Waals surface area contributed by atoms with E-state index in [4.69, 9.17) is 9.47 Å². The van der Waals surface area contributed by atoms with Gasteiger partial charge in [-0.05, 0) is 31.7 Å². The molecule has 3 aromatic heterocycles. The number of halogens is 6. The molecule has 0 saturated heterocycles. The SMILES string of the molecule is COc1ncc(-c2cc(C3(C(F)(F)F)CC3)c3nc(C4(C(F)(F)F)CC4)cn3n2)c(OC)n1. The molecule has 2 aliphatic rings. The summed E-state index contributed by atoms with van der Waals surface area (Å²) in [6, 6.07) is 1.16. The third-order valence-corrected chi connectivity index (χ3v) is 6.40. The molecular formula is C20H17F6N5O2. The van der Waals surface area contributed by atoms with Crippen molar-refractivity contribution in [3.63, 3.8) is 0 Å². The summed E-state index contributed by atoms with van der Waals surface area (Å²) in [5.74, 6) is -0.00852. The number of alkyl halides is 6. The predicted octanol–water partition coefficient (Wildman–Crippen LogP) is 4.39. The molecule has 3 heterocycles. The maximum absolute atomic E-state index is 14.0. The van der Waals surface area contributed by atoms with Crippen molar-refractivity contribution in [2.24, 2.45) is 0 Å². The molecule has 0 bridgehead atoms. The second-order valence-electron chi connectivity index (χ2n) is 8.28. The summed E-state index contributed by atoms with van der Waals surface area (Å²) in [7, 11) is 2.64. The first-order valence-corrected chi connectivity index (χ1v) is 9.96. The standard InChI is InChI=1S/C20H17F6N5O2/c1-32-15-10(8-27-16(29-15)33-2)12-7-11(17(3-4-17)19(21,22)23)14-28-13(9-31(14)30-12)18(5-6-18)20(24,25)26/h7-9H,3-6H2,1-2H3. The fourth-order valence-electron chi connectivity index (χ4n) is 4.11. The molecule has 176 valence electrons. The van der Waals surface area contributed by atoms with Gasteiger partial charge in [0.1, 0.15) is 5.41 Å². The molecule has 0 unspecified atom stereocenters. The van der Waals surface area contributed by atoms with Gasteiger partial charge in [-0.25, -0.2) is 14.5 Å². The van der Waals surface area contributed by atoms with Crippen LogP contribution in [0.25, 0.3) is 16.9 Å². The van der Waals surface area contributed by atoms with Gasteiger partial charge in [-0.3, -0.25) is 0 Å². The van der Waals surface area contributed by atoms with Crippen molar-refractivity contribution in [2.75, 3.05) is 14.2 Å². The Hall–Kier alpha value is -3.12. The van der Waals surface area contributed by atoms with Crippen molar-refractivity contribution in [1.82, 2.24) is 24.6 Å². The van der Waals surface area contributed by atoms with Crippen LogP contribution in [0.5, 0.6) is 11.9 Å². The zero-order chi connectivity index (χ0) is 23.8. The van der Waals surface area contributed by atoms with Gasteiger partial charge < -0.3 is 9.47 Å². The molecule has 0 aliphatic heterocycles. The van der Waals surface area contributed by atoms with Crippen molar-refractivity contribution < 1.29 is 35.8 Å². The van der Waals surface area contributed by atoms with E-state index in [-0.39, 0.29) is 65.7 Å². The quantitative estimate of drug-likeness (QED) is 0.512. The van der Waals surface area contributed by atoms with E-state index in [2.05, 4.69) is 20.1 Å². The molecule has 33 heavy (non-hydrogen) atoms. The van der Waals surface area contributed by atoms with Crippen LogP contribution >= 0.6 is 0 Å². The summed E-state index contributed by atoms with van der Waals surface area (Å²) in [5.41, 5.74) is -5.01. The number of rotatable bonds is 5. The van der Waals surface area contributed by atoms with Gasteiger partial charge in [0.05, 0.1) is 42.8 Å². The lowest BCUT2D eigenvalue weighted by Gasteiger charge is -2.21. The van der Waals surface area contributed by atoms with Crippen molar-refractivity contribution in [2.45, 2.75) is 48.9 Å². The molecule has 0 radical (unpaired) electrons. The monoisotopic (exact) mass is 473 g/mol. The summed E-state index contributed by atoms with van der Waals surface area (Å²) in [6.45, 7) is 0. The number of ether oxygens (including phenoxy) is 2. The third-order valence-electron chi connectivity index (χ3n) is 6.40. The minimum atomic E-state index is -4.61. The minimum Gasteiger partial charge on any atom is -0.480 e. The van der Waals surface area contributed by atoms with Crippen molar-refractivity contribution in [3.8, 4) is 23.1 Å². The van der Waals surface area contributed by atoms with E-state index in [0.717, 1.165) is 10.7 Å². The Kier molecular flexibility index (Phi) is 4.41. The molecule has 0 atom stereocenters. The lowest BCUT2D eigenvalue weighted by atomic mass is 9.95. The molecule has 0 N–H and O–H groups in total. The van der Waals surface area contributed by atoms with E-state index in [0.29, 0.717) is 0 Å².